The van der Waals surface area contributed by atoms with Gasteiger partial charge < -0.3 is 9.84 Å². The van der Waals surface area contributed by atoms with Crippen molar-refractivity contribution < 1.29 is 14.6 Å². The first-order valence-electron chi connectivity index (χ1n) is 9.36. The molecule has 0 aromatic heterocycles. The minimum Gasteiger partial charge on any atom is -0.504 e. The second-order valence-corrected chi connectivity index (χ2v) is 6.30. The minimum atomic E-state index is -0.0649. The van der Waals surface area contributed by atoms with E-state index in [0.717, 1.165) is 18.4 Å². The average Bonchev–Trinajstić information content (AvgIpc) is 2.61. The first kappa shape index (κ1) is 21.0. The Morgan fingerprint density at radius 2 is 1.76 bits per heavy atom. The van der Waals surface area contributed by atoms with E-state index in [0.29, 0.717) is 12.2 Å². The largest absolute Gasteiger partial charge is 0.504 e. The number of phenolic OH excluding ortho intramolecular Hbond substituents is 1. The van der Waals surface area contributed by atoms with Crippen molar-refractivity contribution in [3.8, 4) is 11.5 Å². The number of amides is 1. The molecule has 0 spiro atoms. The van der Waals surface area contributed by atoms with Crippen molar-refractivity contribution in [1.82, 2.24) is 5.43 Å². The number of hydrogen-bond donors (Lipinski definition) is 2. The molecule has 0 unspecified atom stereocenters. The number of hydrogen-bond acceptors (Lipinski definition) is 4. The molecule has 0 saturated heterocycles. The molecule has 0 bridgehead atoms. The lowest BCUT2D eigenvalue weighted by Gasteiger charge is -2.04. The molecule has 1 amide bonds. The smallest absolute Gasteiger partial charge is 0.240 e. The summed E-state index contributed by atoms with van der Waals surface area (Å²) < 4.78 is 5.03. The number of ether oxygens (including phenoxy) is 1. The predicted molar refractivity (Wildman–Crippen MR) is 102 cm³/mol. The quantitative estimate of drug-likeness (QED) is 0.306. The summed E-state index contributed by atoms with van der Waals surface area (Å²) in [6.45, 7) is 2.23. The summed E-state index contributed by atoms with van der Waals surface area (Å²) in [4.78, 5) is 11.7. The third-order valence-electron chi connectivity index (χ3n) is 4.11. The normalized spacial score (nSPS) is 11.0. The molecule has 0 aliphatic rings. The SMILES string of the molecule is CCCCCCCCCCCC(=O)N/N=C/c1ccc(O)c(OC)c1. The summed E-state index contributed by atoms with van der Waals surface area (Å²) in [6, 6.07) is 4.89. The second kappa shape index (κ2) is 13.3. The summed E-state index contributed by atoms with van der Waals surface area (Å²) in [5.74, 6) is 0.393. The molecule has 1 rings (SSSR count). The molecule has 5 nitrogen and oxygen atoms in total. The van der Waals surface area contributed by atoms with Crippen LogP contribution in [0.15, 0.2) is 23.3 Å². The van der Waals surface area contributed by atoms with Crippen molar-refractivity contribution in [2.45, 2.75) is 71.1 Å². The van der Waals surface area contributed by atoms with E-state index < -0.39 is 0 Å². The number of hydrazone groups is 1. The Morgan fingerprint density at radius 1 is 1.12 bits per heavy atom. The Hall–Kier alpha value is -2.04. The number of nitrogens with zero attached hydrogens (tertiary/aromatic N) is 1. The van der Waals surface area contributed by atoms with E-state index in [9.17, 15) is 9.90 Å². The van der Waals surface area contributed by atoms with Gasteiger partial charge in [0.15, 0.2) is 11.5 Å². The van der Waals surface area contributed by atoms with Gasteiger partial charge in [-0.15, -0.1) is 0 Å². The summed E-state index contributed by atoms with van der Waals surface area (Å²) in [5, 5.41) is 13.5. The van der Waals surface area contributed by atoms with Gasteiger partial charge in [0.25, 0.3) is 0 Å². The van der Waals surface area contributed by atoms with E-state index in [4.69, 9.17) is 4.74 Å². The van der Waals surface area contributed by atoms with Gasteiger partial charge in [0.2, 0.25) is 5.91 Å². The van der Waals surface area contributed by atoms with Crippen molar-refractivity contribution in [2.24, 2.45) is 5.10 Å². The van der Waals surface area contributed by atoms with Gasteiger partial charge in [-0.25, -0.2) is 5.43 Å². The summed E-state index contributed by atoms with van der Waals surface area (Å²) in [7, 11) is 1.49. The van der Waals surface area contributed by atoms with E-state index in [1.165, 1.54) is 64.3 Å². The van der Waals surface area contributed by atoms with E-state index >= 15 is 0 Å². The molecule has 0 radical (unpaired) electrons. The summed E-state index contributed by atoms with van der Waals surface area (Å²) >= 11 is 0. The maximum absolute atomic E-state index is 11.7. The predicted octanol–water partition coefficient (Wildman–Crippen LogP) is 4.77. The molecule has 140 valence electrons. The van der Waals surface area contributed by atoms with Crippen LogP contribution in [0.2, 0.25) is 0 Å². The molecule has 1 aromatic rings. The molecular formula is C20H32N2O3. The molecule has 0 atom stereocenters. The Kier molecular flexibility index (Phi) is 11.2. The van der Waals surface area contributed by atoms with Gasteiger partial charge in [-0.2, -0.15) is 5.10 Å². The lowest BCUT2D eigenvalue weighted by molar-refractivity contribution is -0.121. The zero-order chi connectivity index (χ0) is 18.3. The molecule has 1 aromatic carbocycles. The number of unbranched alkanes of at least 4 members (excludes halogenated alkanes) is 8. The molecule has 25 heavy (non-hydrogen) atoms. The lowest BCUT2D eigenvalue weighted by atomic mass is 10.1. The zero-order valence-electron chi connectivity index (χ0n) is 15.6. The molecule has 0 heterocycles. The van der Waals surface area contributed by atoms with Crippen LogP contribution in [-0.2, 0) is 4.79 Å². The number of carbonyl (C=O) groups excluding carboxylic acids is 1. The molecule has 0 aliphatic carbocycles. The highest BCUT2D eigenvalue weighted by Gasteiger charge is 2.02. The highest BCUT2D eigenvalue weighted by molar-refractivity contribution is 5.83. The number of methoxy groups -OCH3 is 1. The van der Waals surface area contributed by atoms with Gasteiger partial charge in [-0.3, -0.25) is 4.79 Å². The van der Waals surface area contributed by atoms with Gasteiger partial charge >= 0.3 is 0 Å². The fourth-order valence-electron chi connectivity index (χ4n) is 2.61. The van der Waals surface area contributed by atoms with Crippen LogP contribution in [0.3, 0.4) is 0 Å². The van der Waals surface area contributed by atoms with Crippen molar-refractivity contribution in [3.63, 3.8) is 0 Å². The highest BCUT2D eigenvalue weighted by atomic mass is 16.5. The third kappa shape index (κ3) is 9.75. The van der Waals surface area contributed by atoms with Gasteiger partial charge in [0.05, 0.1) is 13.3 Å². The maximum atomic E-state index is 11.7. The Balaban J connectivity index is 2.10. The molecule has 0 saturated carbocycles. The molecular weight excluding hydrogens is 316 g/mol. The number of phenols is 1. The Morgan fingerprint density at radius 3 is 2.40 bits per heavy atom. The molecule has 0 fully saturated rings. The Labute approximate surface area is 151 Å². The molecule has 2 N–H and O–H groups in total. The van der Waals surface area contributed by atoms with E-state index in [1.807, 2.05) is 0 Å². The van der Waals surface area contributed by atoms with Crippen LogP contribution in [-0.4, -0.2) is 24.3 Å². The summed E-state index contributed by atoms with van der Waals surface area (Å²) in [5.41, 5.74) is 3.28. The zero-order valence-corrected chi connectivity index (χ0v) is 15.6. The number of aromatic hydroxyl groups is 1. The van der Waals surface area contributed by atoms with Crippen LogP contribution in [0.4, 0.5) is 0 Å². The fourth-order valence-corrected chi connectivity index (χ4v) is 2.61. The Bertz CT molecular complexity index is 530. The second-order valence-electron chi connectivity index (χ2n) is 6.30. The van der Waals surface area contributed by atoms with Crippen LogP contribution >= 0.6 is 0 Å². The van der Waals surface area contributed by atoms with Gasteiger partial charge in [-0.05, 0) is 30.2 Å². The first-order chi connectivity index (χ1) is 12.2. The number of benzene rings is 1. The molecule has 0 aliphatic heterocycles. The summed E-state index contributed by atoms with van der Waals surface area (Å²) in [6.07, 6.45) is 13.2. The topological polar surface area (TPSA) is 70.9 Å². The number of rotatable bonds is 13. The van der Waals surface area contributed by atoms with Gasteiger partial charge in [-0.1, -0.05) is 58.3 Å². The van der Waals surface area contributed by atoms with Crippen LogP contribution in [0.5, 0.6) is 11.5 Å². The van der Waals surface area contributed by atoms with Crippen molar-refractivity contribution in [3.05, 3.63) is 23.8 Å². The van der Waals surface area contributed by atoms with Crippen LogP contribution in [0, 0.1) is 0 Å². The van der Waals surface area contributed by atoms with Crippen molar-refractivity contribution in [1.29, 1.82) is 0 Å². The van der Waals surface area contributed by atoms with Crippen LogP contribution < -0.4 is 10.2 Å². The maximum Gasteiger partial charge on any atom is 0.240 e. The monoisotopic (exact) mass is 348 g/mol. The molecule has 5 heteroatoms. The highest BCUT2D eigenvalue weighted by Crippen LogP contribution is 2.25. The first-order valence-corrected chi connectivity index (χ1v) is 9.36. The van der Waals surface area contributed by atoms with Crippen molar-refractivity contribution >= 4 is 12.1 Å². The number of nitrogens with one attached hydrogen (secondary N) is 1. The minimum absolute atomic E-state index is 0.0649. The van der Waals surface area contributed by atoms with E-state index in [-0.39, 0.29) is 11.7 Å². The van der Waals surface area contributed by atoms with E-state index in [2.05, 4.69) is 17.5 Å². The van der Waals surface area contributed by atoms with Crippen molar-refractivity contribution in [2.75, 3.05) is 7.11 Å². The van der Waals surface area contributed by atoms with Crippen LogP contribution in [0.25, 0.3) is 0 Å². The fraction of sp³-hybridized carbons (Fsp3) is 0.600. The lowest BCUT2D eigenvalue weighted by Crippen LogP contribution is -2.16. The third-order valence-corrected chi connectivity index (χ3v) is 4.11. The number of carbonyl (C=O) groups is 1. The van der Waals surface area contributed by atoms with Gasteiger partial charge in [0, 0.05) is 6.42 Å². The van der Waals surface area contributed by atoms with Gasteiger partial charge in [0.1, 0.15) is 0 Å². The van der Waals surface area contributed by atoms with Crippen LogP contribution in [0.1, 0.15) is 76.7 Å². The standard InChI is InChI=1S/C20H32N2O3/c1-3-4-5-6-7-8-9-10-11-12-20(24)22-21-16-17-13-14-18(23)19(15-17)25-2/h13-16,23H,3-12H2,1-2H3,(H,22,24)/b21-16+. The average molecular weight is 348 g/mol. The van der Waals surface area contributed by atoms with E-state index in [1.54, 1.807) is 12.1 Å².